The van der Waals surface area contributed by atoms with E-state index in [0.717, 1.165) is 22.3 Å². The summed E-state index contributed by atoms with van der Waals surface area (Å²) in [6.45, 7) is 4.13. The van der Waals surface area contributed by atoms with Gasteiger partial charge in [-0.15, -0.1) is 0 Å². The number of aryl methyl sites for hydroxylation is 2. The lowest BCUT2D eigenvalue weighted by Crippen LogP contribution is -2.51. The van der Waals surface area contributed by atoms with Crippen LogP contribution in [0, 0.1) is 13.8 Å². The molecule has 32 heavy (non-hydrogen) atoms. The van der Waals surface area contributed by atoms with E-state index < -0.39 is 6.04 Å². The Balaban J connectivity index is 1.89. The van der Waals surface area contributed by atoms with Gasteiger partial charge in [-0.05, 0) is 42.2 Å². The molecule has 1 atom stereocenters. The molecule has 3 aromatic carbocycles. The van der Waals surface area contributed by atoms with E-state index >= 15 is 0 Å². The maximum Gasteiger partial charge on any atom is 0.261 e. The van der Waals surface area contributed by atoms with Gasteiger partial charge in [0.15, 0.2) is 6.61 Å². The average Bonchev–Trinajstić information content (AvgIpc) is 2.82. The lowest BCUT2D eigenvalue weighted by Gasteiger charge is -2.31. The molecule has 0 aliphatic heterocycles. The van der Waals surface area contributed by atoms with Crippen LogP contribution in [0.1, 0.15) is 22.3 Å². The van der Waals surface area contributed by atoms with Crippen LogP contribution < -0.4 is 10.1 Å². The fourth-order valence-electron chi connectivity index (χ4n) is 3.63. The number of carbonyl (C=O) groups is 2. The molecule has 2 amide bonds. The minimum atomic E-state index is -0.657. The van der Waals surface area contributed by atoms with Crippen LogP contribution in [0.2, 0.25) is 0 Å². The zero-order chi connectivity index (χ0) is 22.9. The predicted octanol–water partition coefficient (Wildman–Crippen LogP) is 4.07. The van der Waals surface area contributed by atoms with Gasteiger partial charge >= 0.3 is 0 Å². The lowest BCUT2D eigenvalue weighted by molar-refractivity contribution is -0.142. The van der Waals surface area contributed by atoms with Crippen molar-refractivity contribution in [2.45, 2.75) is 32.9 Å². The molecule has 3 rings (SSSR count). The van der Waals surface area contributed by atoms with Crippen molar-refractivity contribution in [2.75, 3.05) is 13.7 Å². The first-order chi connectivity index (χ1) is 15.5. The summed E-state index contributed by atoms with van der Waals surface area (Å²) >= 11 is 0. The highest BCUT2D eigenvalue weighted by Gasteiger charge is 2.30. The van der Waals surface area contributed by atoms with Crippen LogP contribution in [-0.4, -0.2) is 36.4 Å². The van der Waals surface area contributed by atoms with Gasteiger partial charge in [0.2, 0.25) is 5.91 Å². The van der Waals surface area contributed by atoms with Crippen molar-refractivity contribution in [1.82, 2.24) is 10.2 Å². The molecule has 0 radical (unpaired) electrons. The Kier molecular flexibility index (Phi) is 8.03. The smallest absolute Gasteiger partial charge is 0.261 e. The van der Waals surface area contributed by atoms with Crippen LogP contribution in [0.25, 0.3) is 0 Å². The summed E-state index contributed by atoms with van der Waals surface area (Å²) in [5.74, 6) is 0.226. The van der Waals surface area contributed by atoms with E-state index in [2.05, 4.69) is 5.32 Å². The maximum atomic E-state index is 13.4. The minimum absolute atomic E-state index is 0.140. The first kappa shape index (κ1) is 23.1. The molecule has 0 aromatic heterocycles. The second-order valence-corrected chi connectivity index (χ2v) is 7.82. The molecule has 0 saturated heterocycles. The van der Waals surface area contributed by atoms with E-state index in [1.807, 2.05) is 92.7 Å². The molecule has 5 nitrogen and oxygen atoms in total. The van der Waals surface area contributed by atoms with E-state index in [-0.39, 0.29) is 18.4 Å². The third-order valence-corrected chi connectivity index (χ3v) is 5.56. The van der Waals surface area contributed by atoms with Crippen molar-refractivity contribution >= 4 is 11.8 Å². The second kappa shape index (κ2) is 11.1. The van der Waals surface area contributed by atoms with Gasteiger partial charge in [-0.3, -0.25) is 9.59 Å². The summed E-state index contributed by atoms with van der Waals surface area (Å²) < 4.78 is 5.84. The van der Waals surface area contributed by atoms with Gasteiger partial charge in [0.1, 0.15) is 11.8 Å². The topological polar surface area (TPSA) is 58.6 Å². The van der Waals surface area contributed by atoms with Gasteiger partial charge in [-0.2, -0.15) is 0 Å². The molecule has 0 heterocycles. The van der Waals surface area contributed by atoms with Crippen LogP contribution in [0.4, 0.5) is 0 Å². The molecule has 0 fully saturated rings. The summed E-state index contributed by atoms with van der Waals surface area (Å²) in [7, 11) is 1.60. The number of likely N-dealkylation sites (N-methyl/N-ethyl adjacent to an activating group) is 1. The van der Waals surface area contributed by atoms with Gasteiger partial charge < -0.3 is 15.0 Å². The zero-order valence-corrected chi connectivity index (χ0v) is 18.9. The normalized spacial score (nSPS) is 11.5. The monoisotopic (exact) mass is 430 g/mol. The van der Waals surface area contributed by atoms with Crippen molar-refractivity contribution in [2.24, 2.45) is 0 Å². The molecule has 0 unspecified atom stereocenters. The first-order valence-electron chi connectivity index (χ1n) is 10.8. The van der Waals surface area contributed by atoms with Crippen LogP contribution in [-0.2, 0) is 22.6 Å². The highest BCUT2D eigenvalue weighted by atomic mass is 16.5. The summed E-state index contributed by atoms with van der Waals surface area (Å²) in [6.07, 6.45) is 0.419. The largest absolute Gasteiger partial charge is 0.484 e. The molecule has 0 spiro atoms. The number of nitrogens with one attached hydrogen (secondary N) is 1. The lowest BCUT2D eigenvalue weighted by atomic mass is 10.0. The zero-order valence-electron chi connectivity index (χ0n) is 18.9. The molecule has 0 bridgehead atoms. The molecular weight excluding hydrogens is 400 g/mol. The van der Waals surface area contributed by atoms with E-state index in [1.54, 1.807) is 11.9 Å². The van der Waals surface area contributed by atoms with Crippen molar-refractivity contribution in [3.05, 3.63) is 101 Å². The van der Waals surface area contributed by atoms with Gasteiger partial charge in [-0.25, -0.2) is 0 Å². The minimum Gasteiger partial charge on any atom is -0.484 e. The molecule has 3 aromatic rings. The van der Waals surface area contributed by atoms with Gasteiger partial charge in [-0.1, -0.05) is 72.8 Å². The molecule has 0 saturated carbocycles. The van der Waals surface area contributed by atoms with E-state index in [4.69, 9.17) is 4.74 Å². The van der Waals surface area contributed by atoms with Crippen LogP contribution in [0.3, 0.4) is 0 Å². The molecule has 1 N–H and O–H groups in total. The Morgan fingerprint density at radius 3 is 2.16 bits per heavy atom. The third-order valence-electron chi connectivity index (χ3n) is 5.56. The Labute approximate surface area is 190 Å². The van der Waals surface area contributed by atoms with Crippen molar-refractivity contribution in [3.63, 3.8) is 0 Å². The fourth-order valence-corrected chi connectivity index (χ4v) is 3.63. The Morgan fingerprint density at radius 2 is 1.50 bits per heavy atom. The average molecular weight is 431 g/mol. The predicted molar refractivity (Wildman–Crippen MR) is 126 cm³/mol. The van der Waals surface area contributed by atoms with E-state index in [9.17, 15) is 9.59 Å². The number of benzene rings is 3. The van der Waals surface area contributed by atoms with Crippen molar-refractivity contribution in [3.8, 4) is 5.75 Å². The number of para-hydroxylation sites is 1. The Morgan fingerprint density at radius 1 is 0.875 bits per heavy atom. The summed E-state index contributed by atoms with van der Waals surface area (Å²) in [6, 6.07) is 24.6. The maximum absolute atomic E-state index is 13.4. The van der Waals surface area contributed by atoms with Gasteiger partial charge in [0.25, 0.3) is 5.91 Å². The number of hydrogen-bond acceptors (Lipinski definition) is 3. The summed E-state index contributed by atoms with van der Waals surface area (Å²) in [4.78, 5) is 28.0. The van der Waals surface area contributed by atoms with Crippen LogP contribution in [0.15, 0.2) is 78.9 Å². The summed E-state index contributed by atoms with van der Waals surface area (Å²) in [5.41, 5.74) is 4.01. The number of ether oxygens (including phenoxy) is 1. The van der Waals surface area contributed by atoms with Crippen molar-refractivity contribution < 1.29 is 14.3 Å². The number of rotatable bonds is 9. The number of amides is 2. The van der Waals surface area contributed by atoms with Gasteiger partial charge in [0.05, 0.1) is 0 Å². The molecular formula is C27H30N2O3. The fraction of sp³-hybridized carbons (Fsp3) is 0.259. The Bertz CT molecular complexity index is 1050. The third kappa shape index (κ3) is 5.97. The molecule has 0 aliphatic carbocycles. The molecule has 0 aliphatic rings. The molecule has 166 valence electrons. The SMILES string of the molecule is CNC(=O)[C@@H](Cc1ccccc1)N(Cc1ccccc1C)C(=O)COc1ccccc1C. The second-order valence-electron chi connectivity index (χ2n) is 7.82. The highest BCUT2D eigenvalue weighted by Crippen LogP contribution is 2.19. The van der Waals surface area contributed by atoms with Gasteiger partial charge in [0, 0.05) is 20.0 Å². The number of carbonyl (C=O) groups excluding carboxylic acids is 2. The number of hydrogen-bond donors (Lipinski definition) is 1. The van der Waals surface area contributed by atoms with Crippen LogP contribution >= 0.6 is 0 Å². The highest BCUT2D eigenvalue weighted by molar-refractivity contribution is 5.88. The van der Waals surface area contributed by atoms with E-state index in [1.165, 1.54) is 0 Å². The van der Waals surface area contributed by atoms with E-state index in [0.29, 0.717) is 18.7 Å². The molecule has 5 heteroatoms. The first-order valence-corrected chi connectivity index (χ1v) is 10.8. The quantitative estimate of drug-likeness (QED) is 0.557. The number of nitrogens with zero attached hydrogens (tertiary/aromatic N) is 1. The Hall–Kier alpha value is -3.60. The van der Waals surface area contributed by atoms with Crippen molar-refractivity contribution in [1.29, 1.82) is 0 Å². The van der Waals surface area contributed by atoms with Crippen LogP contribution in [0.5, 0.6) is 5.75 Å². The standard InChI is InChI=1S/C27H30N2O3/c1-20-11-7-9-15-23(20)18-29(26(30)19-32-25-16-10-8-12-21(25)2)24(27(31)28-3)17-22-13-5-4-6-14-22/h4-16,24H,17-19H2,1-3H3,(H,28,31)/t24-/m1/s1. The summed E-state index contributed by atoms with van der Waals surface area (Å²) in [5, 5.41) is 2.73.